The minimum atomic E-state index is 0.0721. The zero-order valence-corrected chi connectivity index (χ0v) is 14.7. The fourth-order valence-corrected chi connectivity index (χ4v) is 3.90. The number of benzene rings is 1. The molecule has 3 rings (SSSR count). The number of para-hydroxylation sites is 2. The molecule has 0 spiro atoms. The summed E-state index contributed by atoms with van der Waals surface area (Å²) in [6.45, 7) is 2.60. The first-order valence-corrected chi connectivity index (χ1v) is 9.70. The summed E-state index contributed by atoms with van der Waals surface area (Å²) in [5.74, 6) is 0.0721. The van der Waals surface area contributed by atoms with Crippen molar-refractivity contribution in [3.05, 3.63) is 24.3 Å². The summed E-state index contributed by atoms with van der Waals surface area (Å²) in [6.07, 6.45) is 11.4. The molecule has 4 nitrogen and oxygen atoms in total. The third kappa shape index (κ3) is 4.97. The summed E-state index contributed by atoms with van der Waals surface area (Å²) in [4.78, 5) is 14.8. The monoisotopic (exact) mass is 329 g/mol. The third-order valence-corrected chi connectivity index (χ3v) is 5.28. The number of anilines is 2. The summed E-state index contributed by atoms with van der Waals surface area (Å²) < 4.78 is 0. The Morgan fingerprint density at radius 2 is 1.62 bits per heavy atom. The van der Waals surface area contributed by atoms with E-state index in [0.29, 0.717) is 12.6 Å². The van der Waals surface area contributed by atoms with E-state index in [4.69, 9.17) is 0 Å². The van der Waals surface area contributed by atoms with Gasteiger partial charge >= 0.3 is 0 Å². The Labute approximate surface area is 146 Å². The lowest BCUT2D eigenvalue weighted by Crippen LogP contribution is -2.37. The lowest BCUT2D eigenvalue weighted by Gasteiger charge is -2.26. The molecule has 1 saturated carbocycles. The number of amides is 1. The number of hydrogen-bond donors (Lipinski definition) is 2. The molecule has 132 valence electrons. The SMILES string of the molecule is O=C(CNC1CCCCC1)Nc1ccccc1N1CCCCCC1. The number of carbonyl (C=O) groups excluding carboxylic acids is 1. The molecule has 0 unspecified atom stereocenters. The van der Waals surface area contributed by atoms with Crippen LogP contribution in [-0.4, -0.2) is 31.6 Å². The Morgan fingerprint density at radius 1 is 0.958 bits per heavy atom. The highest BCUT2D eigenvalue weighted by atomic mass is 16.1. The van der Waals surface area contributed by atoms with Crippen molar-refractivity contribution in [1.29, 1.82) is 0 Å². The van der Waals surface area contributed by atoms with E-state index in [1.54, 1.807) is 0 Å². The first-order chi connectivity index (χ1) is 11.8. The Balaban J connectivity index is 1.56. The molecule has 2 N–H and O–H groups in total. The van der Waals surface area contributed by atoms with Crippen LogP contribution >= 0.6 is 0 Å². The molecule has 1 heterocycles. The van der Waals surface area contributed by atoms with Crippen LogP contribution in [0.2, 0.25) is 0 Å². The van der Waals surface area contributed by atoms with Crippen molar-refractivity contribution in [1.82, 2.24) is 5.32 Å². The molecular weight excluding hydrogens is 298 g/mol. The van der Waals surface area contributed by atoms with Gasteiger partial charge in [-0.3, -0.25) is 4.79 Å². The third-order valence-electron chi connectivity index (χ3n) is 5.28. The molecule has 4 heteroatoms. The van der Waals surface area contributed by atoms with Crippen LogP contribution in [0.4, 0.5) is 11.4 Å². The smallest absolute Gasteiger partial charge is 0.238 e. The fraction of sp³-hybridized carbons (Fsp3) is 0.650. The number of carbonyl (C=O) groups is 1. The Morgan fingerprint density at radius 3 is 2.38 bits per heavy atom. The predicted octanol–water partition coefficient (Wildman–Crippen LogP) is 3.93. The van der Waals surface area contributed by atoms with Crippen LogP contribution in [0.1, 0.15) is 57.8 Å². The van der Waals surface area contributed by atoms with Gasteiger partial charge < -0.3 is 15.5 Å². The van der Waals surface area contributed by atoms with Crippen LogP contribution in [0.15, 0.2) is 24.3 Å². The summed E-state index contributed by atoms with van der Waals surface area (Å²) in [7, 11) is 0. The fourth-order valence-electron chi connectivity index (χ4n) is 3.90. The molecule has 1 aliphatic carbocycles. The van der Waals surface area contributed by atoms with Gasteiger partial charge in [0.1, 0.15) is 0 Å². The molecule has 2 fully saturated rings. The molecule has 1 aromatic carbocycles. The average Bonchev–Trinajstić information content (AvgIpc) is 2.91. The van der Waals surface area contributed by atoms with Crippen LogP contribution in [-0.2, 0) is 4.79 Å². The van der Waals surface area contributed by atoms with Crippen LogP contribution in [0, 0.1) is 0 Å². The van der Waals surface area contributed by atoms with Gasteiger partial charge in [-0.1, -0.05) is 44.2 Å². The number of rotatable bonds is 5. The second kappa shape index (κ2) is 9.07. The minimum absolute atomic E-state index is 0.0721. The minimum Gasteiger partial charge on any atom is -0.370 e. The highest BCUT2D eigenvalue weighted by Gasteiger charge is 2.16. The van der Waals surface area contributed by atoms with Gasteiger partial charge in [0, 0.05) is 19.1 Å². The Kier molecular flexibility index (Phi) is 6.53. The summed E-state index contributed by atoms with van der Waals surface area (Å²) >= 11 is 0. The van der Waals surface area contributed by atoms with Gasteiger partial charge in [0.25, 0.3) is 0 Å². The van der Waals surface area contributed by atoms with Crippen molar-refractivity contribution in [2.75, 3.05) is 29.9 Å². The van der Waals surface area contributed by atoms with Gasteiger partial charge in [-0.15, -0.1) is 0 Å². The molecule has 1 saturated heterocycles. The van der Waals surface area contributed by atoms with Gasteiger partial charge in [0.05, 0.1) is 17.9 Å². The molecule has 1 aromatic rings. The quantitative estimate of drug-likeness (QED) is 0.860. The maximum atomic E-state index is 12.4. The highest BCUT2D eigenvalue weighted by Crippen LogP contribution is 2.27. The maximum absolute atomic E-state index is 12.4. The van der Waals surface area contributed by atoms with E-state index in [2.05, 4.69) is 27.7 Å². The first-order valence-electron chi connectivity index (χ1n) is 9.70. The van der Waals surface area contributed by atoms with Crippen LogP contribution in [0.5, 0.6) is 0 Å². The number of nitrogens with zero attached hydrogens (tertiary/aromatic N) is 1. The second-order valence-corrected chi connectivity index (χ2v) is 7.18. The van der Waals surface area contributed by atoms with E-state index in [1.807, 2.05) is 12.1 Å². The number of hydrogen-bond acceptors (Lipinski definition) is 3. The van der Waals surface area contributed by atoms with Gasteiger partial charge in [0.2, 0.25) is 5.91 Å². The van der Waals surface area contributed by atoms with Gasteiger partial charge in [-0.05, 0) is 37.8 Å². The van der Waals surface area contributed by atoms with Crippen molar-refractivity contribution < 1.29 is 4.79 Å². The standard InChI is InChI=1S/C20H31N3O/c24-20(16-21-17-10-4-3-5-11-17)22-18-12-6-7-13-19(18)23-14-8-1-2-9-15-23/h6-7,12-13,17,21H,1-5,8-11,14-16H2,(H,22,24). The van der Waals surface area contributed by atoms with Gasteiger partial charge in [0.15, 0.2) is 0 Å². The molecule has 0 atom stereocenters. The zero-order valence-electron chi connectivity index (χ0n) is 14.7. The molecule has 0 aromatic heterocycles. The molecule has 1 amide bonds. The van der Waals surface area contributed by atoms with Crippen molar-refractivity contribution in [3.63, 3.8) is 0 Å². The summed E-state index contributed by atoms with van der Waals surface area (Å²) in [5, 5.41) is 6.55. The van der Waals surface area contributed by atoms with Crippen molar-refractivity contribution in [3.8, 4) is 0 Å². The van der Waals surface area contributed by atoms with Crippen LogP contribution in [0.25, 0.3) is 0 Å². The van der Waals surface area contributed by atoms with E-state index >= 15 is 0 Å². The topological polar surface area (TPSA) is 44.4 Å². The van der Waals surface area contributed by atoms with E-state index in [-0.39, 0.29) is 5.91 Å². The van der Waals surface area contributed by atoms with E-state index < -0.39 is 0 Å². The van der Waals surface area contributed by atoms with E-state index in [1.165, 1.54) is 63.5 Å². The van der Waals surface area contributed by atoms with Crippen molar-refractivity contribution >= 4 is 17.3 Å². The Hall–Kier alpha value is -1.55. The molecule has 1 aliphatic heterocycles. The van der Waals surface area contributed by atoms with Crippen molar-refractivity contribution in [2.45, 2.75) is 63.8 Å². The largest absolute Gasteiger partial charge is 0.370 e. The predicted molar refractivity (Wildman–Crippen MR) is 101 cm³/mol. The van der Waals surface area contributed by atoms with Gasteiger partial charge in [-0.2, -0.15) is 0 Å². The second-order valence-electron chi connectivity index (χ2n) is 7.18. The Bertz CT molecular complexity index is 517. The van der Waals surface area contributed by atoms with E-state index in [0.717, 1.165) is 18.8 Å². The van der Waals surface area contributed by atoms with Crippen molar-refractivity contribution in [2.24, 2.45) is 0 Å². The van der Waals surface area contributed by atoms with E-state index in [9.17, 15) is 4.79 Å². The average molecular weight is 329 g/mol. The lowest BCUT2D eigenvalue weighted by molar-refractivity contribution is -0.115. The maximum Gasteiger partial charge on any atom is 0.238 e. The van der Waals surface area contributed by atoms with Crippen LogP contribution in [0.3, 0.4) is 0 Å². The first kappa shape index (κ1) is 17.3. The van der Waals surface area contributed by atoms with Gasteiger partial charge in [-0.25, -0.2) is 0 Å². The molecule has 0 radical (unpaired) electrons. The molecule has 24 heavy (non-hydrogen) atoms. The zero-order chi connectivity index (χ0) is 16.6. The van der Waals surface area contributed by atoms with Crippen LogP contribution < -0.4 is 15.5 Å². The molecule has 2 aliphatic rings. The molecular formula is C20H31N3O. The lowest BCUT2D eigenvalue weighted by atomic mass is 9.95. The number of nitrogens with one attached hydrogen (secondary N) is 2. The summed E-state index contributed by atoms with van der Waals surface area (Å²) in [5.41, 5.74) is 2.13. The summed E-state index contributed by atoms with van der Waals surface area (Å²) in [6, 6.07) is 8.75. The highest BCUT2D eigenvalue weighted by molar-refractivity contribution is 5.95. The normalized spacial score (nSPS) is 19.8. The molecule has 0 bridgehead atoms.